The first kappa shape index (κ1) is 58.1. The fraction of sp³-hybridized carbons (Fsp3) is 0.943. The van der Waals surface area contributed by atoms with Crippen LogP contribution in [0.2, 0.25) is 0 Å². The first-order valence-corrected chi connectivity index (χ1v) is 27.3. The Hall–Kier alpha value is -1.59. The van der Waals surface area contributed by atoms with E-state index in [1.54, 1.807) is 6.92 Å². The molecule has 0 aromatic carbocycles. The van der Waals surface area contributed by atoms with Crippen molar-refractivity contribution >= 4 is 5.97 Å². The lowest BCUT2D eigenvalue weighted by atomic mass is 9.33. The van der Waals surface area contributed by atoms with Crippen LogP contribution in [0.25, 0.3) is 0 Å². The summed E-state index contributed by atoms with van der Waals surface area (Å²) >= 11 is 0. The van der Waals surface area contributed by atoms with Crippen LogP contribution in [-0.4, -0.2) is 221 Å². The number of hydrogen-bond acceptors (Lipinski definition) is 22. The Morgan fingerprint density at radius 1 is 0.613 bits per heavy atom. The maximum absolute atomic E-state index is 14.8. The SMILES string of the molecule is C[C@@H]1O[C@@H](O[C@H]2[C@H](O[C@@H]3[C@@H](O)[C@H](O[C@H]4CC[C@]5(C)[C@H]6CC=C7[C@@H]8[C@](C(=O)O[C@@H]9O[C@H](CO)[C@@H](O)[C@H](O)[C@H]9O)(CC[C@@H](C)[C@@]8(C)O)CC[C@@]7(C)[C@]6(C)CC[C@H]5C4(C)C)O[C@H](CO)[C@H]3O)OC[C@H](O)[C@@H]2O)[C@H](O)[C@H](O)[C@H]1O. The highest BCUT2D eigenvalue weighted by Gasteiger charge is 2.72. The zero-order valence-electron chi connectivity index (χ0n) is 44.4. The van der Waals surface area contributed by atoms with Gasteiger partial charge in [0.1, 0.15) is 85.5 Å². The summed E-state index contributed by atoms with van der Waals surface area (Å²) in [5.74, 6) is -1.27. The predicted octanol–water partition coefficient (Wildman–Crippen LogP) is -1.40. The van der Waals surface area contributed by atoms with Crippen LogP contribution in [0.3, 0.4) is 0 Å². The molecule has 0 spiro atoms. The van der Waals surface area contributed by atoms with Crippen molar-refractivity contribution in [2.45, 2.75) is 242 Å². The second-order valence-electron chi connectivity index (χ2n) is 25.5. The molecule has 22 heteroatoms. The van der Waals surface area contributed by atoms with Crippen LogP contribution in [0.1, 0.15) is 113 Å². The van der Waals surface area contributed by atoms with Crippen molar-refractivity contribution in [3.05, 3.63) is 11.6 Å². The lowest BCUT2D eigenvalue weighted by Crippen LogP contribution is -2.68. The number of rotatable bonds is 10. The largest absolute Gasteiger partial charge is 0.432 e. The van der Waals surface area contributed by atoms with Crippen LogP contribution in [0.5, 0.6) is 0 Å². The lowest BCUT2D eigenvalue weighted by Gasteiger charge is -2.72. The van der Waals surface area contributed by atoms with Crippen LogP contribution in [0.15, 0.2) is 11.6 Å². The predicted molar refractivity (Wildman–Crippen MR) is 257 cm³/mol. The third kappa shape index (κ3) is 9.12. The van der Waals surface area contributed by atoms with Gasteiger partial charge in [-0.25, -0.2) is 0 Å². The number of ether oxygens (including phenoxy) is 8. The van der Waals surface area contributed by atoms with Crippen molar-refractivity contribution < 1.29 is 109 Å². The summed E-state index contributed by atoms with van der Waals surface area (Å²) in [6.07, 6.45) is -22.5. The van der Waals surface area contributed by atoms with E-state index in [4.69, 9.17) is 37.9 Å². The van der Waals surface area contributed by atoms with Gasteiger partial charge in [0.05, 0.1) is 43.0 Å². The summed E-state index contributed by atoms with van der Waals surface area (Å²) in [5.41, 5.74) is -3.08. The monoisotopic (exact) mass is 1070 g/mol. The Balaban J connectivity index is 0.938. The van der Waals surface area contributed by atoms with Gasteiger partial charge < -0.3 is 104 Å². The zero-order chi connectivity index (χ0) is 54.9. The molecule has 9 aliphatic rings. The van der Waals surface area contributed by atoms with E-state index in [2.05, 4.69) is 40.7 Å². The second-order valence-corrected chi connectivity index (χ2v) is 25.5. The molecule has 13 N–H and O–H groups in total. The minimum absolute atomic E-state index is 0.0857. The summed E-state index contributed by atoms with van der Waals surface area (Å²) in [7, 11) is 0. The molecule has 0 aromatic heterocycles. The molecule has 0 radical (unpaired) electrons. The van der Waals surface area contributed by atoms with E-state index in [0.717, 1.165) is 24.8 Å². The molecular formula is C53H86O22. The van der Waals surface area contributed by atoms with Crippen LogP contribution in [0.4, 0.5) is 0 Å². The van der Waals surface area contributed by atoms with Gasteiger partial charge in [-0.05, 0) is 111 Å². The van der Waals surface area contributed by atoms with Crippen LogP contribution in [0, 0.1) is 50.7 Å². The zero-order valence-corrected chi connectivity index (χ0v) is 44.4. The molecule has 4 saturated carbocycles. The van der Waals surface area contributed by atoms with Gasteiger partial charge in [-0.3, -0.25) is 4.79 Å². The molecule has 4 aliphatic heterocycles. The molecule has 5 aliphatic carbocycles. The molecular weight excluding hydrogens is 989 g/mol. The molecule has 75 heavy (non-hydrogen) atoms. The fourth-order valence-electron chi connectivity index (χ4n) is 16.4. The van der Waals surface area contributed by atoms with Crippen LogP contribution in [-0.2, 0) is 42.7 Å². The molecule has 0 aromatic rings. The van der Waals surface area contributed by atoms with Gasteiger partial charge in [0.15, 0.2) is 18.9 Å². The smallest absolute Gasteiger partial charge is 0.315 e. The Morgan fingerprint density at radius 3 is 1.91 bits per heavy atom. The van der Waals surface area contributed by atoms with E-state index in [9.17, 15) is 71.2 Å². The molecule has 0 unspecified atom stereocenters. The molecule has 430 valence electrons. The molecule has 29 atom stereocenters. The molecule has 4 saturated heterocycles. The first-order valence-electron chi connectivity index (χ1n) is 27.3. The van der Waals surface area contributed by atoms with E-state index >= 15 is 0 Å². The van der Waals surface area contributed by atoms with E-state index in [-0.39, 0.29) is 28.6 Å². The number of esters is 1. The number of hydrogen-bond donors (Lipinski definition) is 13. The van der Waals surface area contributed by atoms with Gasteiger partial charge in [0.25, 0.3) is 0 Å². The van der Waals surface area contributed by atoms with Gasteiger partial charge in [0, 0.05) is 5.92 Å². The van der Waals surface area contributed by atoms with Crippen molar-refractivity contribution in [3.8, 4) is 0 Å². The maximum atomic E-state index is 14.8. The summed E-state index contributed by atoms with van der Waals surface area (Å²) in [4.78, 5) is 14.8. The van der Waals surface area contributed by atoms with Crippen molar-refractivity contribution in [1.29, 1.82) is 0 Å². The fourth-order valence-corrected chi connectivity index (χ4v) is 16.4. The Bertz CT molecular complexity index is 2080. The molecule has 0 amide bonds. The number of carbonyl (C=O) groups excluding carboxylic acids is 1. The first-order chi connectivity index (χ1) is 35.0. The summed E-state index contributed by atoms with van der Waals surface area (Å²) in [5, 5.41) is 141. The third-order valence-electron chi connectivity index (χ3n) is 21.4. The highest BCUT2D eigenvalue weighted by molar-refractivity contribution is 5.79. The number of fused-ring (bicyclic) bond motifs is 7. The van der Waals surface area contributed by atoms with Crippen LogP contribution >= 0.6 is 0 Å². The van der Waals surface area contributed by atoms with Gasteiger partial charge in [0.2, 0.25) is 6.29 Å². The summed E-state index contributed by atoms with van der Waals surface area (Å²) in [6, 6.07) is 0. The molecule has 22 nitrogen and oxygen atoms in total. The quantitative estimate of drug-likeness (QED) is 0.0680. The normalized spacial score (nSPS) is 55.8. The van der Waals surface area contributed by atoms with E-state index in [1.807, 2.05) is 6.92 Å². The van der Waals surface area contributed by atoms with Crippen molar-refractivity contribution in [3.63, 3.8) is 0 Å². The molecule has 0 bridgehead atoms. The molecule has 9 rings (SSSR count). The van der Waals surface area contributed by atoms with Gasteiger partial charge >= 0.3 is 5.97 Å². The standard InChI is InChI=1S/C53H86O22/c1-22-11-16-53(47(66)75-44-38(64)36(62)33(59)26(19-54)70-44)18-17-50(6)24(42(53)52(22,8)67)9-10-29-49(5)14-13-30(48(3,4)28(49)12-15-51(29,50)7)72-45-39(65)40(34(60)27(20-55)71-45)73-46-41(32(58)25(56)21-68-46)74-43-37(63)35(61)31(57)23(2)69-43/h9,22-23,25-46,54-65,67H,10-21H2,1-8H3/t22-,23+,25+,26-,27-,28+,29-,30+,31+,32+,33-,34-,35-,36+,37-,38-,39-,40+,41-,42+,43+,44+,45+,46+,49+,50-,51-,52-,53+/m1/s1. The topological polar surface area (TPSA) is 354 Å². The molecule has 4 heterocycles. The van der Waals surface area contributed by atoms with E-state index in [0.29, 0.717) is 38.5 Å². The van der Waals surface area contributed by atoms with Crippen molar-refractivity contribution in [2.75, 3.05) is 19.8 Å². The highest BCUT2D eigenvalue weighted by atomic mass is 16.8. The number of carbonyl (C=O) groups is 1. The Labute approximate surface area is 437 Å². The third-order valence-corrected chi connectivity index (χ3v) is 21.4. The van der Waals surface area contributed by atoms with Crippen molar-refractivity contribution in [1.82, 2.24) is 0 Å². The number of allylic oxidation sites excluding steroid dienone is 1. The van der Waals surface area contributed by atoms with Crippen molar-refractivity contribution in [2.24, 2.45) is 50.7 Å². The summed E-state index contributed by atoms with van der Waals surface area (Å²) < 4.78 is 47.8. The average Bonchev–Trinajstić information content (AvgIpc) is 3.36. The lowest BCUT2D eigenvalue weighted by molar-refractivity contribution is -0.382. The van der Waals surface area contributed by atoms with Gasteiger partial charge in [-0.15, -0.1) is 0 Å². The van der Waals surface area contributed by atoms with Gasteiger partial charge in [-0.2, -0.15) is 0 Å². The summed E-state index contributed by atoms with van der Waals surface area (Å²) in [6.45, 7) is 14.7. The Morgan fingerprint density at radius 2 is 1.23 bits per heavy atom. The Kier molecular flexibility index (Phi) is 16.1. The van der Waals surface area contributed by atoms with E-state index in [1.165, 1.54) is 6.92 Å². The van der Waals surface area contributed by atoms with Crippen LogP contribution < -0.4 is 0 Å². The second kappa shape index (κ2) is 20.7. The van der Waals surface area contributed by atoms with Gasteiger partial charge in [-0.1, -0.05) is 53.2 Å². The van der Waals surface area contributed by atoms with E-state index < -0.39 is 176 Å². The number of aliphatic hydroxyl groups excluding tert-OH is 12. The number of aliphatic hydroxyl groups is 13. The molecule has 8 fully saturated rings. The minimum atomic E-state index is -1.78. The average molecular weight is 1080 g/mol. The minimum Gasteiger partial charge on any atom is -0.432 e. The maximum Gasteiger partial charge on any atom is 0.315 e. The highest BCUT2D eigenvalue weighted by Crippen LogP contribution is 2.76.